The van der Waals surface area contributed by atoms with Gasteiger partial charge in [0.1, 0.15) is 6.07 Å². The Morgan fingerprint density at radius 3 is 2.48 bits per heavy atom. The molecule has 0 saturated carbocycles. The number of hydrogen-bond acceptors (Lipinski definition) is 4. The third-order valence-corrected chi connectivity index (χ3v) is 4.46. The van der Waals surface area contributed by atoms with Gasteiger partial charge in [-0.15, -0.1) is 0 Å². The summed E-state index contributed by atoms with van der Waals surface area (Å²) in [5, 5.41) is 9.56. The lowest BCUT2D eigenvalue weighted by atomic mass is 10.0. The highest BCUT2D eigenvalue weighted by atomic mass is 32.2. The van der Waals surface area contributed by atoms with E-state index in [1.807, 2.05) is 73.6 Å². The smallest absolute Gasteiger partial charge is 0.101 e. The van der Waals surface area contributed by atoms with Crippen LogP contribution in [0.3, 0.4) is 0 Å². The summed E-state index contributed by atoms with van der Waals surface area (Å²) in [7, 11) is 1.93. The van der Waals surface area contributed by atoms with Crippen LogP contribution in [-0.2, 0) is 0 Å². The molecule has 2 rings (SSSR count). The standard InChI is InChI=1S/C21H21N3S/c1-5-17-8-6-7-9-21(17)18(14-22)15-24(4)19-10-12-20(13-11-19)25-23-16(2)3/h5-13,15,23H,1-2H2,3-4H3/b18-15+. The summed E-state index contributed by atoms with van der Waals surface area (Å²) in [5.41, 5.74) is 4.34. The van der Waals surface area contributed by atoms with Crippen molar-refractivity contribution in [1.82, 2.24) is 4.72 Å². The lowest BCUT2D eigenvalue weighted by Crippen LogP contribution is -2.09. The molecular formula is C21H21N3S. The van der Waals surface area contributed by atoms with Crippen LogP contribution in [0.4, 0.5) is 5.69 Å². The Morgan fingerprint density at radius 2 is 1.88 bits per heavy atom. The van der Waals surface area contributed by atoms with Gasteiger partial charge < -0.3 is 9.62 Å². The summed E-state index contributed by atoms with van der Waals surface area (Å²) in [6, 6.07) is 18.1. The monoisotopic (exact) mass is 347 g/mol. The van der Waals surface area contributed by atoms with E-state index in [4.69, 9.17) is 0 Å². The SMILES string of the molecule is C=Cc1ccccc1/C(C#N)=C/N(C)c1ccc(SNC(=C)C)cc1. The van der Waals surface area contributed by atoms with Crippen molar-refractivity contribution in [3.8, 4) is 6.07 Å². The van der Waals surface area contributed by atoms with E-state index in [0.29, 0.717) is 5.57 Å². The first-order valence-electron chi connectivity index (χ1n) is 7.80. The Kier molecular flexibility index (Phi) is 6.50. The molecule has 0 radical (unpaired) electrons. The summed E-state index contributed by atoms with van der Waals surface area (Å²) >= 11 is 1.52. The van der Waals surface area contributed by atoms with Crippen LogP contribution < -0.4 is 9.62 Å². The molecule has 0 saturated heterocycles. The second kappa shape index (κ2) is 8.81. The zero-order valence-electron chi connectivity index (χ0n) is 14.5. The summed E-state index contributed by atoms with van der Waals surface area (Å²) in [6.45, 7) is 9.56. The van der Waals surface area contributed by atoms with Crippen LogP contribution >= 0.6 is 11.9 Å². The second-order valence-corrected chi connectivity index (χ2v) is 6.41. The van der Waals surface area contributed by atoms with E-state index in [0.717, 1.165) is 27.4 Å². The van der Waals surface area contributed by atoms with Gasteiger partial charge in [0.2, 0.25) is 0 Å². The summed E-state index contributed by atoms with van der Waals surface area (Å²) in [5.74, 6) is 0. The molecule has 3 nitrogen and oxygen atoms in total. The van der Waals surface area contributed by atoms with Crippen LogP contribution in [-0.4, -0.2) is 7.05 Å². The first-order chi connectivity index (χ1) is 12.0. The van der Waals surface area contributed by atoms with Gasteiger partial charge in [-0.25, -0.2) is 0 Å². The molecule has 25 heavy (non-hydrogen) atoms. The molecular weight excluding hydrogens is 326 g/mol. The molecule has 0 heterocycles. The van der Waals surface area contributed by atoms with Gasteiger partial charge in [-0.1, -0.05) is 43.5 Å². The van der Waals surface area contributed by atoms with Crippen LogP contribution in [0.25, 0.3) is 11.6 Å². The minimum absolute atomic E-state index is 0.598. The van der Waals surface area contributed by atoms with Crippen molar-refractivity contribution in [2.75, 3.05) is 11.9 Å². The normalized spacial score (nSPS) is 10.7. The molecule has 2 aromatic carbocycles. The summed E-state index contributed by atoms with van der Waals surface area (Å²) in [4.78, 5) is 3.04. The third-order valence-electron chi connectivity index (χ3n) is 3.50. The van der Waals surface area contributed by atoms with Crippen molar-refractivity contribution in [3.63, 3.8) is 0 Å². The molecule has 1 N–H and O–H groups in total. The van der Waals surface area contributed by atoms with Gasteiger partial charge in [0.05, 0.1) is 5.57 Å². The van der Waals surface area contributed by atoms with E-state index in [-0.39, 0.29) is 0 Å². The Labute approximate surface area is 154 Å². The first kappa shape index (κ1) is 18.4. The van der Waals surface area contributed by atoms with Crippen molar-refractivity contribution in [2.45, 2.75) is 11.8 Å². The van der Waals surface area contributed by atoms with Gasteiger partial charge in [-0.05, 0) is 48.7 Å². The van der Waals surface area contributed by atoms with E-state index in [2.05, 4.69) is 23.9 Å². The molecule has 0 spiro atoms. The maximum absolute atomic E-state index is 9.56. The molecule has 0 atom stereocenters. The second-order valence-electron chi connectivity index (χ2n) is 5.54. The van der Waals surface area contributed by atoms with E-state index in [9.17, 15) is 5.26 Å². The molecule has 0 aliphatic carbocycles. The van der Waals surface area contributed by atoms with Crippen LogP contribution in [0.5, 0.6) is 0 Å². The molecule has 0 unspecified atom stereocenters. The largest absolute Gasteiger partial charge is 0.350 e. The van der Waals surface area contributed by atoms with E-state index in [1.165, 1.54) is 11.9 Å². The molecule has 4 heteroatoms. The maximum atomic E-state index is 9.56. The number of benzene rings is 2. The number of allylic oxidation sites excluding steroid dienone is 2. The maximum Gasteiger partial charge on any atom is 0.101 e. The van der Waals surface area contributed by atoms with Crippen LogP contribution in [0.15, 0.2) is 78.5 Å². The predicted octanol–water partition coefficient (Wildman–Crippen LogP) is 5.46. The zero-order valence-corrected chi connectivity index (χ0v) is 15.3. The molecule has 126 valence electrons. The highest BCUT2D eigenvalue weighted by molar-refractivity contribution is 7.97. The van der Waals surface area contributed by atoms with Gasteiger partial charge >= 0.3 is 0 Å². The molecule has 0 bridgehead atoms. The lowest BCUT2D eigenvalue weighted by Gasteiger charge is -2.16. The summed E-state index contributed by atoms with van der Waals surface area (Å²) < 4.78 is 3.13. The van der Waals surface area contributed by atoms with Gasteiger partial charge in [-0.3, -0.25) is 0 Å². The quantitative estimate of drug-likeness (QED) is 0.533. The average Bonchev–Trinajstić information content (AvgIpc) is 2.64. The molecule has 0 aliphatic heterocycles. The topological polar surface area (TPSA) is 39.1 Å². The van der Waals surface area contributed by atoms with Gasteiger partial charge in [-0.2, -0.15) is 5.26 Å². The fourth-order valence-electron chi connectivity index (χ4n) is 2.24. The molecule has 0 aromatic heterocycles. The van der Waals surface area contributed by atoms with Crippen LogP contribution in [0.2, 0.25) is 0 Å². The van der Waals surface area contributed by atoms with E-state index >= 15 is 0 Å². The van der Waals surface area contributed by atoms with Crippen molar-refractivity contribution >= 4 is 29.3 Å². The molecule has 0 fully saturated rings. The average molecular weight is 347 g/mol. The van der Waals surface area contributed by atoms with E-state index in [1.54, 1.807) is 6.08 Å². The zero-order chi connectivity index (χ0) is 18.2. The van der Waals surface area contributed by atoms with Crippen molar-refractivity contribution in [2.24, 2.45) is 0 Å². The highest BCUT2D eigenvalue weighted by Gasteiger charge is 2.07. The molecule has 2 aromatic rings. The van der Waals surface area contributed by atoms with Crippen LogP contribution in [0, 0.1) is 11.3 Å². The Balaban J connectivity index is 2.22. The molecule has 0 amide bonds. The fraction of sp³-hybridized carbons (Fsp3) is 0.0952. The third kappa shape index (κ3) is 5.03. The van der Waals surface area contributed by atoms with E-state index < -0.39 is 0 Å². The fourth-order valence-corrected chi connectivity index (χ4v) is 2.81. The highest BCUT2D eigenvalue weighted by Crippen LogP contribution is 2.24. The number of rotatable bonds is 7. The van der Waals surface area contributed by atoms with Gasteiger partial charge in [0.25, 0.3) is 0 Å². The summed E-state index contributed by atoms with van der Waals surface area (Å²) in [6.07, 6.45) is 3.61. The van der Waals surface area contributed by atoms with Gasteiger partial charge in [0, 0.05) is 35.1 Å². The first-order valence-corrected chi connectivity index (χ1v) is 8.62. The Morgan fingerprint density at radius 1 is 1.20 bits per heavy atom. The molecule has 0 aliphatic rings. The Bertz CT molecular complexity index is 829. The number of nitriles is 1. The minimum atomic E-state index is 0.598. The lowest BCUT2D eigenvalue weighted by molar-refractivity contribution is 1.19. The number of anilines is 1. The minimum Gasteiger partial charge on any atom is -0.350 e. The van der Waals surface area contributed by atoms with Crippen molar-refractivity contribution in [3.05, 3.63) is 84.7 Å². The number of nitrogens with zero attached hydrogens (tertiary/aromatic N) is 2. The number of nitrogens with one attached hydrogen (secondary N) is 1. The predicted molar refractivity (Wildman–Crippen MR) is 109 cm³/mol. The van der Waals surface area contributed by atoms with Crippen molar-refractivity contribution < 1.29 is 0 Å². The Hall–Kier alpha value is -2.90. The number of hydrogen-bond donors (Lipinski definition) is 1. The van der Waals surface area contributed by atoms with Gasteiger partial charge in [0.15, 0.2) is 0 Å². The van der Waals surface area contributed by atoms with Crippen LogP contribution in [0.1, 0.15) is 18.1 Å². The van der Waals surface area contributed by atoms with Crippen molar-refractivity contribution in [1.29, 1.82) is 5.26 Å².